The van der Waals surface area contributed by atoms with Gasteiger partial charge in [-0.2, -0.15) is 5.06 Å². The van der Waals surface area contributed by atoms with E-state index >= 15 is 0 Å². The van der Waals surface area contributed by atoms with Crippen molar-refractivity contribution in [1.29, 1.82) is 0 Å². The summed E-state index contributed by atoms with van der Waals surface area (Å²) in [6, 6.07) is 0. The SMILES string of the molecule is O=C1[C@@H](Cl)[C@H]2C=C[C@]3(CCCCON13)O2. The molecule has 3 aliphatic heterocycles. The molecule has 3 rings (SSSR count). The number of ether oxygens (including phenoxy) is 1. The van der Waals surface area contributed by atoms with E-state index in [0.717, 1.165) is 19.3 Å². The molecule has 2 saturated heterocycles. The lowest BCUT2D eigenvalue weighted by atomic mass is 10.1. The van der Waals surface area contributed by atoms with Gasteiger partial charge in [-0.1, -0.05) is 6.08 Å². The quantitative estimate of drug-likeness (QED) is 0.463. The highest BCUT2D eigenvalue weighted by Gasteiger charge is 2.54. The Bertz CT molecular complexity index is 333. The normalized spacial score (nSPS) is 44.1. The third-order valence-corrected chi connectivity index (χ3v) is 3.54. The zero-order chi connectivity index (χ0) is 10.5. The summed E-state index contributed by atoms with van der Waals surface area (Å²) < 4.78 is 5.79. The Balaban J connectivity index is 1.99. The maximum atomic E-state index is 11.9. The van der Waals surface area contributed by atoms with Crippen LogP contribution < -0.4 is 0 Å². The van der Waals surface area contributed by atoms with Gasteiger partial charge in [0.05, 0.1) is 6.61 Å². The molecular weight excluding hydrogens is 218 g/mol. The molecule has 15 heavy (non-hydrogen) atoms. The van der Waals surface area contributed by atoms with Gasteiger partial charge < -0.3 is 4.74 Å². The second-order valence-corrected chi connectivity index (χ2v) is 4.58. The summed E-state index contributed by atoms with van der Waals surface area (Å²) in [5.41, 5.74) is -0.677. The van der Waals surface area contributed by atoms with Gasteiger partial charge in [-0.3, -0.25) is 9.63 Å². The lowest BCUT2D eigenvalue weighted by molar-refractivity contribution is -0.286. The van der Waals surface area contributed by atoms with Crippen LogP contribution in [0.5, 0.6) is 0 Å². The standard InChI is InChI=1S/C10H12ClNO3/c11-8-7-3-5-10(15-7)4-1-2-6-14-12(10)9(8)13/h3,5,7-8H,1-2,4,6H2/t7-,8+,10+/m1/s1. The first-order chi connectivity index (χ1) is 7.23. The summed E-state index contributed by atoms with van der Waals surface area (Å²) in [6.45, 7) is 0.555. The van der Waals surface area contributed by atoms with Gasteiger partial charge in [-0.05, 0) is 18.9 Å². The van der Waals surface area contributed by atoms with Crippen molar-refractivity contribution in [3.05, 3.63) is 12.2 Å². The van der Waals surface area contributed by atoms with Crippen molar-refractivity contribution >= 4 is 17.5 Å². The van der Waals surface area contributed by atoms with Gasteiger partial charge in [0.25, 0.3) is 5.91 Å². The maximum Gasteiger partial charge on any atom is 0.270 e. The lowest BCUT2D eigenvalue weighted by Crippen LogP contribution is -2.59. The molecule has 0 radical (unpaired) electrons. The van der Waals surface area contributed by atoms with Crippen LogP contribution in [-0.4, -0.2) is 34.8 Å². The molecule has 2 fully saturated rings. The number of rotatable bonds is 0. The number of carbonyl (C=O) groups is 1. The van der Waals surface area contributed by atoms with Crippen molar-refractivity contribution in [2.75, 3.05) is 6.61 Å². The number of fused-ring (bicyclic) bond motifs is 1. The van der Waals surface area contributed by atoms with E-state index in [1.165, 1.54) is 5.06 Å². The van der Waals surface area contributed by atoms with E-state index in [4.69, 9.17) is 21.2 Å². The van der Waals surface area contributed by atoms with E-state index in [-0.39, 0.29) is 12.0 Å². The first-order valence-electron chi connectivity index (χ1n) is 5.21. The van der Waals surface area contributed by atoms with Gasteiger partial charge in [-0.25, -0.2) is 0 Å². The Morgan fingerprint density at radius 1 is 1.53 bits per heavy atom. The van der Waals surface area contributed by atoms with E-state index in [9.17, 15) is 4.79 Å². The minimum atomic E-state index is -0.677. The lowest BCUT2D eigenvalue weighted by Gasteiger charge is -2.42. The average molecular weight is 230 g/mol. The van der Waals surface area contributed by atoms with Gasteiger partial charge in [0.1, 0.15) is 11.5 Å². The Kier molecular flexibility index (Phi) is 2.06. The van der Waals surface area contributed by atoms with Gasteiger partial charge in [-0.15, -0.1) is 11.6 Å². The molecule has 3 heterocycles. The molecule has 5 heteroatoms. The number of hydrogen-bond acceptors (Lipinski definition) is 3. The van der Waals surface area contributed by atoms with Gasteiger partial charge in [0.15, 0.2) is 5.72 Å². The molecule has 0 saturated carbocycles. The largest absolute Gasteiger partial charge is 0.340 e. The van der Waals surface area contributed by atoms with E-state index < -0.39 is 11.1 Å². The predicted octanol–water partition coefficient (Wildman–Crippen LogP) is 1.20. The zero-order valence-corrected chi connectivity index (χ0v) is 8.94. The Morgan fingerprint density at radius 2 is 2.40 bits per heavy atom. The number of alkyl halides is 1. The summed E-state index contributed by atoms with van der Waals surface area (Å²) >= 11 is 5.98. The molecule has 0 aromatic carbocycles. The number of hydrogen-bond donors (Lipinski definition) is 0. The van der Waals surface area contributed by atoms with Gasteiger partial charge in [0, 0.05) is 6.42 Å². The van der Waals surface area contributed by atoms with Crippen LogP contribution in [0, 0.1) is 0 Å². The van der Waals surface area contributed by atoms with Crippen LogP contribution in [0.3, 0.4) is 0 Å². The molecule has 0 aromatic heterocycles. The fourth-order valence-corrected chi connectivity index (χ4v) is 2.55. The van der Waals surface area contributed by atoms with Crippen LogP contribution >= 0.6 is 11.6 Å². The van der Waals surface area contributed by atoms with Gasteiger partial charge in [0.2, 0.25) is 0 Å². The third-order valence-electron chi connectivity index (χ3n) is 3.10. The summed E-state index contributed by atoms with van der Waals surface area (Å²) in [6.07, 6.45) is 6.20. The molecular formula is C10H12ClNO3. The number of nitrogens with zero attached hydrogens (tertiary/aromatic N) is 1. The predicted molar refractivity (Wildman–Crippen MR) is 53.0 cm³/mol. The highest BCUT2D eigenvalue weighted by Crippen LogP contribution is 2.41. The van der Waals surface area contributed by atoms with Crippen molar-refractivity contribution in [1.82, 2.24) is 5.06 Å². The fraction of sp³-hybridized carbons (Fsp3) is 0.700. The number of amides is 1. The first-order valence-corrected chi connectivity index (χ1v) is 5.65. The van der Waals surface area contributed by atoms with Crippen LogP contribution in [0.25, 0.3) is 0 Å². The van der Waals surface area contributed by atoms with Crippen molar-refractivity contribution < 1.29 is 14.4 Å². The van der Waals surface area contributed by atoms with E-state index in [2.05, 4.69) is 0 Å². The van der Waals surface area contributed by atoms with Crippen molar-refractivity contribution in [2.24, 2.45) is 0 Å². The molecule has 0 aromatic rings. The molecule has 1 spiro atoms. The van der Waals surface area contributed by atoms with Crippen LogP contribution in [-0.2, 0) is 14.4 Å². The zero-order valence-electron chi connectivity index (χ0n) is 8.19. The molecule has 4 nitrogen and oxygen atoms in total. The summed E-state index contributed by atoms with van der Waals surface area (Å²) in [4.78, 5) is 17.4. The topological polar surface area (TPSA) is 38.8 Å². The van der Waals surface area contributed by atoms with Crippen LogP contribution in [0.4, 0.5) is 0 Å². The monoisotopic (exact) mass is 229 g/mol. The summed E-state index contributed by atoms with van der Waals surface area (Å²) in [5.74, 6) is -0.181. The molecule has 0 aliphatic carbocycles. The van der Waals surface area contributed by atoms with Crippen LogP contribution in [0.1, 0.15) is 19.3 Å². The molecule has 0 unspecified atom stereocenters. The second kappa shape index (κ2) is 3.20. The number of carbonyl (C=O) groups excluding carboxylic acids is 1. The van der Waals surface area contributed by atoms with Crippen molar-refractivity contribution in [2.45, 2.75) is 36.5 Å². The summed E-state index contributed by atoms with van der Waals surface area (Å²) in [5, 5.41) is 0.674. The minimum absolute atomic E-state index is 0.181. The number of hydroxylamine groups is 2. The van der Waals surface area contributed by atoms with Crippen molar-refractivity contribution in [3.8, 4) is 0 Å². The van der Waals surface area contributed by atoms with Crippen LogP contribution in [0.15, 0.2) is 12.2 Å². The number of halogens is 1. The molecule has 0 N–H and O–H groups in total. The summed E-state index contributed by atoms with van der Waals surface area (Å²) in [7, 11) is 0. The Hall–Kier alpha value is -0.580. The molecule has 1 amide bonds. The third kappa shape index (κ3) is 1.25. The molecule has 82 valence electrons. The Morgan fingerprint density at radius 3 is 3.27 bits per heavy atom. The molecule has 3 atom stereocenters. The van der Waals surface area contributed by atoms with E-state index in [0.29, 0.717) is 6.61 Å². The first kappa shape index (κ1) is 9.63. The smallest absolute Gasteiger partial charge is 0.270 e. The van der Waals surface area contributed by atoms with Crippen LogP contribution in [0.2, 0.25) is 0 Å². The van der Waals surface area contributed by atoms with E-state index in [1.54, 1.807) is 0 Å². The van der Waals surface area contributed by atoms with Crippen molar-refractivity contribution in [3.63, 3.8) is 0 Å². The molecule has 2 bridgehead atoms. The molecule has 3 aliphatic rings. The highest BCUT2D eigenvalue weighted by molar-refractivity contribution is 6.31. The maximum absolute atomic E-state index is 11.9. The Labute approximate surface area is 92.7 Å². The highest BCUT2D eigenvalue weighted by atomic mass is 35.5. The van der Waals surface area contributed by atoms with E-state index in [1.807, 2.05) is 12.2 Å². The van der Waals surface area contributed by atoms with Gasteiger partial charge >= 0.3 is 0 Å². The second-order valence-electron chi connectivity index (χ2n) is 4.11. The fourth-order valence-electron chi connectivity index (χ4n) is 2.32. The average Bonchev–Trinajstić information content (AvgIpc) is 2.49. The minimum Gasteiger partial charge on any atom is -0.340 e.